The molecule has 1 aliphatic rings. The molecule has 5 nitrogen and oxygen atoms in total. The van der Waals surface area contributed by atoms with Crippen molar-refractivity contribution in [2.24, 2.45) is 5.41 Å². The molecule has 1 unspecified atom stereocenters. The number of benzene rings is 1. The number of nitrogens with zero attached hydrogens (tertiary/aromatic N) is 3. The molecule has 0 aromatic heterocycles. The summed E-state index contributed by atoms with van der Waals surface area (Å²) in [6.07, 6.45) is 0.847. The molecule has 2 rings (SSSR count). The zero-order valence-electron chi connectivity index (χ0n) is 17.9. The zero-order chi connectivity index (χ0) is 19.9. The van der Waals surface area contributed by atoms with E-state index in [0.717, 1.165) is 51.4 Å². The minimum atomic E-state index is 0.258. The van der Waals surface area contributed by atoms with Crippen LogP contribution >= 0.6 is 0 Å². The van der Waals surface area contributed by atoms with Gasteiger partial charge >= 0.3 is 0 Å². The molecule has 0 aliphatic carbocycles. The molecule has 0 bridgehead atoms. The molecule has 1 N–H and O–H groups in total. The molecule has 1 atom stereocenters. The Morgan fingerprint density at radius 1 is 1.22 bits per heavy atom. The van der Waals surface area contributed by atoms with Gasteiger partial charge < -0.3 is 14.7 Å². The Bertz CT molecular complexity index is 557. The monoisotopic (exact) mass is 377 g/mol. The van der Waals surface area contributed by atoms with Crippen LogP contribution in [0.2, 0.25) is 0 Å². The molecule has 1 aromatic carbocycles. The van der Waals surface area contributed by atoms with Crippen molar-refractivity contribution in [3.8, 4) is 5.75 Å². The minimum absolute atomic E-state index is 0.258. The van der Waals surface area contributed by atoms with Gasteiger partial charge in [-0.3, -0.25) is 9.80 Å². The topological polar surface area (TPSA) is 39.2 Å². The first kappa shape index (κ1) is 22.2. The Labute approximate surface area is 165 Å². The van der Waals surface area contributed by atoms with Crippen LogP contribution < -0.4 is 4.74 Å². The third-order valence-corrected chi connectivity index (χ3v) is 4.94. The van der Waals surface area contributed by atoms with E-state index in [1.165, 1.54) is 5.56 Å². The molecule has 154 valence electrons. The molecule has 1 fully saturated rings. The fraction of sp³-hybridized carbons (Fsp3) is 0.727. The normalized spacial score (nSPS) is 19.6. The van der Waals surface area contributed by atoms with Crippen molar-refractivity contribution in [3.63, 3.8) is 0 Å². The first-order valence-electron chi connectivity index (χ1n) is 10.2. The average molecular weight is 378 g/mol. The van der Waals surface area contributed by atoms with E-state index in [1.807, 2.05) is 6.07 Å². The maximum Gasteiger partial charge on any atom is 0.119 e. The number of hydrogen-bond donors (Lipinski definition) is 1. The van der Waals surface area contributed by atoms with Gasteiger partial charge in [0.2, 0.25) is 0 Å². The van der Waals surface area contributed by atoms with E-state index in [1.54, 1.807) is 0 Å². The van der Waals surface area contributed by atoms with Crippen molar-refractivity contribution in [2.75, 3.05) is 60.0 Å². The molecule has 5 heteroatoms. The Morgan fingerprint density at radius 2 is 2.00 bits per heavy atom. The van der Waals surface area contributed by atoms with Crippen LogP contribution in [-0.4, -0.2) is 85.9 Å². The van der Waals surface area contributed by atoms with Gasteiger partial charge in [-0.2, -0.15) is 0 Å². The first-order valence-corrected chi connectivity index (χ1v) is 10.2. The summed E-state index contributed by atoms with van der Waals surface area (Å²) in [6, 6.07) is 8.90. The van der Waals surface area contributed by atoms with Crippen molar-refractivity contribution >= 4 is 0 Å². The summed E-state index contributed by atoms with van der Waals surface area (Å²) in [5.41, 5.74) is 1.58. The number of aliphatic hydroxyl groups is 1. The number of aliphatic hydroxyl groups excluding tert-OH is 1. The summed E-state index contributed by atoms with van der Waals surface area (Å²) < 4.78 is 5.88. The van der Waals surface area contributed by atoms with Gasteiger partial charge in [-0.15, -0.1) is 0 Å². The van der Waals surface area contributed by atoms with E-state index < -0.39 is 0 Å². The van der Waals surface area contributed by atoms with E-state index in [2.05, 4.69) is 67.8 Å². The van der Waals surface area contributed by atoms with Gasteiger partial charge in [-0.25, -0.2) is 0 Å². The molecule has 27 heavy (non-hydrogen) atoms. The molecule has 0 amide bonds. The van der Waals surface area contributed by atoms with Gasteiger partial charge in [-0.05, 0) is 43.6 Å². The molecule has 1 aliphatic heterocycles. The lowest BCUT2D eigenvalue weighted by atomic mass is 9.94. The minimum Gasteiger partial charge on any atom is -0.492 e. The van der Waals surface area contributed by atoms with Gasteiger partial charge in [0.15, 0.2) is 0 Å². The van der Waals surface area contributed by atoms with E-state index >= 15 is 0 Å². The third kappa shape index (κ3) is 8.18. The second kappa shape index (κ2) is 10.4. The average Bonchev–Trinajstić information content (AvgIpc) is 2.56. The van der Waals surface area contributed by atoms with Crippen LogP contribution in [0.4, 0.5) is 0 Å². The lowest BCUT2D eigenvalue weighted by molar-refractivity contribution is 0.0339. The Hall–Kier alpha value is -1.14. The van der Waals surface area contributed by atoms with Crippen molar-refractivity contribution in [2.45, 2.75) is 39.8 Å². The predicted molar refractivity (Wildman–Crippen MR) is 112 cm³/mol. The van der Waals surface area contributed by atoms with Gasteiger partial charge in [0, 0.05) is 51.9 Å². The third-order valence-electron chi connectivity index (χ3n) is 4.94. The summed E-state index contributed by atoms with van der Waals surface area (Å²) in [4.78, 5) is 7.20. The van der Waals surface area contributed by atoms with E-state index in [0.29, 0.717) is 12.6 Å². The number of ether oxygens (including phenoxy) is 1. The van der Waals surface area contributed by atoms with Crippen molar-refractivity contribution in [1.82, 2.24) is 14.7 Å². The van der Waals surface area contributed by atoms with Crippen LogP contribution in [0.5, 0.6) is 5.75 Å². The highest BCUT2D eigenvalue weighted by Crippen LogP contribution is 2.23. The molecular formula is C22H39N3O2. The van der Waals surface area contributed by atoms with Crippen LogP contribution in [0.3, 0.4) is 0 Å². The van der Waals surface area contributed by atoms with Crippen LogP contribution in [0.25, 0.3) is 0 Å². The van der Waals surface area contributed by atoms with E-state index in [-0.39, 0.29) is 12.0 Å². The number of rotatable bonds is 9. The fourth-order valence-corrected chi connectivity index (χ4v) is 3.68. The number of likely N-dealkylation sites (N-methyl/N-ethyl adjacent to an activating group) is 1. The summed E-state index contributed by atoms with van der Waals surface area (Å²) >= 11 is 0. The second-order valence-electron chi connectivity index (χ2n) is 9.23. The Morgan fingerprint density at radius 3 is 2.67 bits per heavy atom. The van der Waals surface area contributed by atoms with Crippen molar-refractivity contribution < 1.29 is 9.84 Å². The molecule has 1 heterocycles. The van der Waals surface area contributed by atoms with E-state index in [9.17, 15) is 5.11 Å². The highest BCUT2D eigenvalue weighted by atomic mass is 16.5. The first-order chi connectivity index (χ1) is 12.8. The molecule has 1 aromatic rings. The van der Waals surface area contributed by atoms with Crippen LogP contribution in [0, 0.1) is 5.41 Å². The largest absolute Gasteiger partial charge is 0.492 e. The van der Waals surface area contributed by atoms with E-state index in [4.69, 9.17) is 4.74 Å². The highest BCUT2D eigenvalue weighted by molar-refractivity contribution is 5.28. The Balaban J connectivity index is 1.91. The fourth-order valence-electron chi connectivity index (χ4n) is 3.68. The van der Waals surface area contributed by atoms with Gasteiger partial charge in [0.25, 0.3) is 0 Å². The summed E-state index contributed by atoms with van der Waals surface area (Å²) in [5.74, 6) is 0.952. The van der Waals surface area contributed by atoms with Crippen molar-refractivity contribution in [3.05, 3.63) is 29.8 Å². The second-order valence-corrected chi connectivity index (χ2v) is 9.23. The van der Waals surface area contributed by atoms with Gasteiger partial charge in [0.05, 0.1) is 0 Å². The molecular weight excluding hydrogens is 338 g/mol. The quantitative estimate of drug-likeness (QED) is 0.716. The highest BCUT2D eigenvalue weighted by Gasteiger charge is 2.29. The maximum absolute atomic E-state index is 9.50. The molecule has 0 radical (unpaired) electrons. The zero-order valence-corrected chi connectivity index (χ0v) is 17.9. The lowest BCUT2D eigenvalue weighted by Gasteiger charge is -2.44. The standard InChI is InChI=1S/C22H39N3O2/c1-22(2,3)18-25-11-10-24(17-20(25)9-13-26)16-19-7-6-8-21(15-19)27-14-12-23(4)5/h6-8,15,20,26H,9-14,16-18H2,1-5H3. The van der Waals surface area contributed by atoms with Crippen LogP contribution in [-0.2, 0) is 6.54 Å². The Kier molecular flexibility index (Phi) is 8.55. The van der Waals surface area contributed by atoms with Gasteiger partial charge in [0.1, 0.15) is 12.4 Å². The predicted octanol–water partition coefficient (Wildman–Crippen LogP) is 2.54. The lowest BCUT2D eigenvalue weighted by Crippen LogP contribution is -2.54. The summed E-state index contributed by atoms with van der Waals surface area (Å²) in [7, 11) is 4.11. The van der Waals surface area contributed by atoms with Crippen LogP contribution in [0.1, 0.15) is 32.8 Å². The van der Waals surface area contributed by atoms with Crippen molar-refractivity contribution in [1.29, 1.82) is 0 Å². The molecule has 1 saturated heterocycles. The molecule has 0 spiro atoms. The SMILES string of the molecule is CN(C)CCOc1cccc(CN2CCN(CC(C)(C)C)C(CCO)C2)c1. The maximum atomic E-state index is 9.50. The summed E-state index contributed by atoms with van der Waals surface area (Å²) in [6.45, 7) is 13.9. The molecule has 0 saturated carbocycles. The number of piperazine rings is 1. The number of hydrogen-bond acceptors (Lipinski definition) is 5. The van der Waals surface area contributed by atoms with Gasteiger partial charge in [-0.1, -0.05) is 32.9 Å². The smallest absolute Gasteiger partial charge is 0.119 e. The van der Waals surface area contributed by atoms with Crippen LogP contribution in [0.15, 0.2) is 24.3 Å². The summed E-state index contributed by atoms with van der Waals surface area (Å²) in [5, 5.41) is 9.50.